The van der Waals surface area contributed by atoms with Crippen molar-refractivity contribution in [2.75, 3.05) is 0 Å². The molecule has 1 aromatic heterocycles. The highest BCUT2D eigenvalue weighted by atomic mass is 35.5. The second-order valence-corrected chi connectivity index (χ2v) is 5.95. The maximum Gasteiger partial charge on any atom is 0.416 e. The molecule has 1 aromatic carbocycles. The first-order valence-corrected chi connectivity index (χ1v) is 7.25. The molecule has 0 spiro atoms. The van der Waals surface area contributed by atoms with E-state index in [0.717, 1.165) is 11.0 Å². The summed E-state index contributed by atoms with van der Waals surface area (Å²) in [6, 6.07) is 1.21. The molecular weight excluding hydrogens is 376 g/mol. The van der Waals surface area contributed by atoms with Gasteiger partial charge in [0.2, 0.25) is 5.16 Å². The Morgan fingerprint density at radius 2 is 1.73 bits per heavy atom. The molecule has 2 rings (SSSR count). The van der Waals surface area contributed by atoms with Gasteiger partial charge in [0.15, 0.2) is 10.8 Å². The van der Waals surface area contributed by atoms with Crippen molar-refractivity contribution in [1.82, 2.24) is 14.8 Å². The van der Waals surface area contributed by atoms with Gasteiger partial charge >= 0.3 is 11.9 Å². The van der Waals surface area contributed by atoms with Crippen molar-refractivity contribution in [3.8, 4) is 5.69 Å². The highest BCUT2D eigenvalue weighted by molar-refractivity contribution is 7.85. The van der Waals surface area contributed by atoms with E-state index >= 15 is 0 Å². The molecule has 0 fully saturated rings. The molecule has 1 atom stereocenters. The van der Waals surface area contributed by atoms with Gasteiger partial charge in [-0.15, -0.1) is 5.10 Å². The van der Waals surface area contributed by atoms with Crippen LogP contribution in [-0.2, 0) is 17.0 Å². The molecule has 0 aliphatic carbocycles. The van der Waals surface area contributed by atoms with Crippen LogP contribution in [0.15, 0.2) is 23.6 Å². The zero-order valence-corrected chi connectivity index (χ0v) is 12.4. The molecular formula is C10H4Cl2F5N3OS. The van der Waals surface area contributed by atoms with Gasteiger partial charge in [-0.3, -0.25) is 0 Å². The third-order valence-corrected chi connectivity index (χ3v) is 3.83. The van der Waals surface area contributed by atoms with Gasteiger partial charge in [-0.1, -0.05) is 23.2 Å². The third-order valence-electron chi connectivity index (χ3n) is 2.39. The van der Waals surface area contributed by atoms with E-state index in [-0.39, 0.29) is 5.69 Å². The molecule has 1 unspecified atom stereocenters. The lowest BCUT2D eigenvalue weighted by Crippen LogP contribution is -2.08. The molecule has 0 amide bonds. The number of aromatic nitrogens is 3. The molecule has 22 heavy (non-hydrogen) atoms. The second-order valence-electron chi connectivity index (χ2n) is 3.82. The van der Waals surface area contributed by atoms with Crippen LogP contribution in [0.25, 0.3) is 5.69 Å². The lowest BCUT2D eigenvalue weighted by atomic mass is 10.2. The monoisotopic (exact) mass is 379 g/mol. The fourth-order valence-electron chi connectivity index (χ4n) is 1.48. The molecule has 12 heteroatoms. The van der Waals surface area contributed by atoms with Crippen LogP contribution in [0.3, 0.4) is 0 Å². The van der Waals surface area contributed by atoms with E-state index in [4.69, 9.17) is 23.2 Å². The van der Waals surface area contributed by atoms with Gasteiger partial charge in [0, 0.05) is 0 Å². The van der Waals surface area contributed by atoms with Crippen LogP contribution in [0, 0.1) is 0 Å². The summed E-state index contributed by atoms with van der Waals surface area (Å²) in [6.07, 6.45) is -3.79. The minimum absolute atomic E-state index is 0.193. The third kappa shape index (κ3) is 3.39. The molecule has 0 radical (unpaired) electrons. The molecule has 2 aromatic rings. The van der Waals surface area contributed by atoms with Crippen molar-refractivity contribution in [1.29, 1.82) is 0 Å². The Hall–Kier alpha value is -1.26. The fraction of sp³-hybridized carbons (Fsp3) is 0.200. The van der Waals surface area contributed by atoms with Crippen molar-refractivity contribution < 1.29 is 26.2 Å². The number of alkyl halides is 5. The second kappa shape index (κ2) is 6.09. The smallest absolute Gasteiger partial charge is 0.245 e. The summed E-state index contributed by atoms with van der Waals surface area (Å²) in [6.45, 7) is 0. The molecule has 4 nitrogen and oxygen atoms in total. The lowest BCUT2D eigenvalue weighted by Gasteiger charge is -2.11. The van der Waals surface area contributed by atoms with Crippen molar-refractivity contribution in [2.24, 2.45) is 0 Å². The summed E-state index contributed by atoms with van der Waals surface area (Å²) >= 11 is 11.5. The first-order chi connectivity index (χ1) is 10.1. The van der Waals surface area contributed by atoms with Gasteiger partial charge in [0.05, 0.1) is 15.6 Å². The van der Waals surface area contributed by atoms with Crippen LogP contribution in [-0.4, -0.2) is 24.7 Å². The number of nitrogens with zero attached hydrogens (tertiary/aromatic N) is 3. The van der Waals surface area contributed by atoms with E-state index in [1.165, 1.54) is 0 Å². The van der Waals surface area contributed by atoms with E-state index in [9.17, 15) is 26.2 Å². The van der Waals surface area contributed by atoms with Crippen LogP contribution in [0.5, 0.6) is 0 Å². The molecule has 0 aliphatic rings. The Morgan fingerprint density at radius 1 is 1.18 bits per heavy atom. The first kappa shape index (κ1) is 17.1. The van der Waals surface area contributed by atoms with Crippen LogP contribution in [0.4, 0.5) is 22.0 Å². The van der Waals surface area contributed by atoms with Crippen LogP contribution in [0.1, 0.15) is 5.56 Å². The Balaban J connectivity index is 2.48. The number of rotatable bonds is 3. The molecule has 0 bridgehead atoms. The molecule has 120 valence electrons. The van der Waals surface area contributed by atoms with E-state index in [2.05, 4.69) is 10.1 Å². The molecule has 0 saturated carbocycles. The lowest BCUT2D eigenvalue weighted by molar-refractivity contribution is -0.137. The topological polar surface area (TPSA) is 47.8 Å². The summed E-state index contributed by atoms with van der Waals surface area (Å²) in [4.78, 5) is 3.40. The van der Waals surface area contributed by atoms with Crippen molar-refractivity contribution >= 4 is 34.0 Å². The zero-order valence-electron chi connectivity index (χ0n) is 10.1. The minimum Gasteiger partial charge on any atom is -0.245 e. The minimum atomic E-state index is -4.66. The number of benzene rings is 1. The Morgan fingerprint density at radius 3 is 2.18 bits per heavy atom. The number of hydrogen-bond acceptors (Lipinski definition) is 3. The molecule has 0 saturated heterocycles. The molecule has 0 aliphatic heterocycles. The highest BCUT2D eigenvalue weighted by Gasteiger charge is 2.32. The average Bonchev–Trinajstić information content (AvgIpc) is 2.85. The zero-order chi connectivity index (χ0) is 16.7. The summed E-state index contributed by atoms with van der Waals surface area (Å²) in [7, 11) is -2.76. The maximum absolute atomic E-state index is 12.6. The maximum atomic E-state index is 12.6. The standard InChI is InChI=1S/C10H4Cl2F5N3OS/c11-5-1-4(10(15,16)17)2-6(12)7(5)20-3-18-9(19-20)22(21)8(13)14/h1-3,8H. The van der Waals surface area contributed by atoms with Gasteiger partial charge in [0.1, 0.15) is 12.0 Å². The van der Waals surface area contributed by atoms with Crippen LogP contribution >= 0.6 is 23.2 Å². The Bertz CT molecular complexity index is 711. The highest BCUT2D eigenvalue weighted by Crippen LogP contribution is 2.37. The Labute approximate surface area is 132 Å². The van der Waals surface area contributed by atoms with Gasteiger partial charge < -0.3 is 0 Å². The average molecular weight is 380 g/mol. The van der Waals surface area contributed by atoms with Crippen molar-refractivity contribution in [3.05, 3.63) is 34.1 Å². The summed E-state index contributed by atoms with van der Waals surface area (Å²) in [5, 5.41) is 1.96. The van der Waals surface area contributed by atoms with E-state index < -0.39 is 43.5 Å². The first-order valence-electron chi connectivity index (χ1n) is 5.28. The molecule has 1 heterocycles. The number of halogens is 7. The summed E-state index contributed by atoms with van der Waals surface area (Å²) < 4.78 is 74.4. The Kier molecular flexibility index (Phi) is 4.73. The SMILES string of the molecule is O=S(c1ncn(-c2c(Cl)cc(C(F)(F)F)cc2Cl)n1)C(F)F. The van der Waals surface area contributed by atoms with Crippen molar-refractivity contribution in [2.45, 2.75) is 17.1 Å². The van der Waals surface area contributed by atoms with Crippen LogP contribution in [0.2, 0.25) is 10.0 Å². The summed E-state index contributed by atoms with van der Waals surface area (Å²) in [5.74, 6) is -3.20. The fourth-order valence-corrected chi connectivity index (χ4v) is 2.61. The predicted molar refractivity (Wildman–Crippen MR) is 68.8 cm³/mol. The predicted octanol–water partition coefficient (Wildman–Crippen LogP) is 3.92. The normalized spacial score (nSPS) is 13.6. The quantitative estimate of drug-likeness (QED) is 0.759. The number of hydrogen-bond donors (Lipinski definition) is 0. The van der Waals surface area contributed by atoms with Crippen LogP contribution < -0.4 is 0 Å². The van der Waals surface area contributed by atoms with E-state index in [1.807, 2.05) is 0 Å². The van der Waals surface area contributed by atoms with E-state index in [1.54, 1.807) is 0 Å². The van der Waals surface area contributed by atoms with Crippen molar-refractivity contribution in [3.63, 3.8) is 0 Å². The van der Waals surface area contributed by atoms with Gasteiger partial charge in [-0.2, -0.15) is 22.0 Å². The van der Waals surface area contributed by atoms with Gasteiger partial charge in [-0.05, 0) is 12.1 Å². The largest absolute Gasteiger partial charge is 0.416 e. The van der Waals surface area contributed by atoms with Gasteiger partial charge in [0.25, 0.3) is 0 Å². The van der Waals surface area contributed by atoms with Gasteiger partial charge in [-0.25, -0.2) is 13.9 Å². The van der Waals surface area contributed by atoms with E-state index in [0.29, 0.717) is 12.1 Å². The summed E-state index contributed by atoms with van der Waals surface area (Å²) in [5.41, 5.74) is -1.27. The molecule has 0 N–H and O–H groups in total.